The van der Waals surface area contributed by atoms with Gasteiger partial charge in [-0.2, -0.15) is 0 Å². The number of methoxy groups -OCH3 is 2. The van der Waals surface area contributed by atoms with Crippen molar-refractivity contribution in [1.29, 1.82) is 5.41 Å². The Balaban J connectivity index is 2.05. The lowest BCUT2D eigenvalue weighted by Gasteiger charge is -2.11. The topological polar surface area (TPSA) is 68.3 Å². The first-order valence-electron chi connectivity index (χ1n) is 8.55. The lowest BCUT2D eigenvalue weighted by atomic mass is 9.95. The summed E-state index contributed by atoms with van der Waals surface area (Å²) >= 11 is 0. The van der Waals surface area contributed by atoms with E-state index in [1.165, 1.54) is 0 Å². The number of rotatable bonds is 6. The molecule has 0 saturated heterocycles. The molecule has 3 rings (SSSR count). The molecule has 0 saturated carbocycles. The van der Waals surface area contributed by atoms with Crippen molar-refractivity contribution in [3.05, 3.63) is 95.1 Å². The molecule has 3 aromatic rings. The van der Waals surface area contributed by atoms with Gasteiger partial charge in [0.05, 0.1) is 14.2 Å². The zero-order valence-corrected chi connectivity index (χ0v) is 15.4. The van der Waals surface area contributed by atoms with Gasteiger partial charge in [-0.25, -0.2) is 0 Å². The second-order valence-electron chi connectivity index (χ2n) is 6.05. The summed E-state index contributed by atoms with van der Waals surface area (Å²) in [6.45, 7) is 0. The van der Waals surface area contributed by atoms with Crippen LogP contribution in [0.5, 0.6) is 11.5 Å². The first-order chi connectivity index (χ1) is 13.1. The van der Waals surface area contributed by atoms with Gasteiger partial charge < -0.3 is 15.2 Å². The van der Waals surface area contributed by atoms with Crippen molar-refractivity contribution in [3.8, 4) is 11.5 Å². The molecule has 4 heteroatoms. The Kier molecular flexibility index (Phi) is 5.57. The van der Waals surface area contributed by atoms with Crippen molar-refractivity contribution in [2.75, 3.05) is 14.2 Å². The molecule has 3 aromatic carbocycles. The van der Waals surface area contributed by atoms with E-state index in [9.17, 15) is 0 Å². The highest BCUT2D eigenvalue weighted by molar-refractivity contribution is 5.96. The van der Waals surface area contributed by atoms with Crippen LogP contribution in [0.3, 0.4) is 0 Å². The van der Waals surface area contributed by atoms with Gasteiger partial charge in [0.15, 0.2) is 0 Å². The molecule has 0 aromatic heterocycles. The highest BCUT2D eigenvalue weighted by Gasteiger charge is 2.07. The molecule has 0 aliphatic heterocycles. The molecule has 136 valence electrons. The molecule has 0 atom stereocenters. The lowest BCUT2D eigenvalue weighted by Crippen LogP contribution is -2.10. The van der Waals surface area contributed by atoms with Crippen LogP contribution in [0.15, 0.2) is 72.8 Å². The summed E-state index contributed by atoms with van der Waals surface area (Å²) < 4.78 is 10.5. The minimum absolute atomic E-state index is 0.0658. The van der Waals surface area contributed by atoms with Crippen LogP contribution in [0.1, 0.15) is 22.3 Å². The van der Waals surface area contributed by atoms with Crippen LogP contribution in [0.25, 0.3) is 11.6 Å². The molecule has 0 heterocycles. The first-order valence-corrected chi connectivity index (χ1v) is 8.55. The number of hydrogen-bond donors (Lipinski definition) is 2. The molecule has 0 amide bonds. The van der Waals surface area contributed by atoms with E-state index in [1.54, 1.807) is 14.2 Å². The maximum absolute atomic E-state index is 7.53. The Labute approximate surface area is 159 Å². The summed E-state index contributed by atoms with van der Waals surface area (Å²) in [5, 5.41) is 7.53. The smallest absolute Gasteiger partial charge is 0.122 e. The molecule has 0 fully saturated rings. The van der Waals surface area contributed by atoms with Gasteiger partial charge in [-0.15, -0.1) is 0 Å². The molecule has 3 N–H and O–H groups in total. The number of amidine groups is 1. The number of hydrogen-bond acceptors (Lipinski definition) is 3. The highest BCUT2D eigenvalue weighted by atomic mass is 16.5. The van der Waals surface area contributed by atoms with Crippen LogP contribution < -0.4 is 15.2 Å². The van der Waals surface area contributed by atoms with Crippen LogP contribution in [0.2, 0.25) is 0 Å². The number of nitrogen functional groups attached to an aromatic ring is 1. The van der Waals surface area contributed by atoms with Crippen LogP contribution >= 0.6 is 0 Å². The van der Waals surface area contributed by atoms with E-state index in [1.807, 2.05) is 72.8 Å². The third kappa shape index (κ3) is 4.36. The predicted molar refractivity (Wildman–Crippen MR) is 110 cm³/mol. The van der Waals surface area contributed by atoms with E-state index < -0.39 is 0 Å². The molecule has 0 aliphatic rings. The van der Waals surface area contributed by atoms with Gasteiger partial charge in [0.2, 0.25) is 0 Å². The van der Waals surface area contributed by atoms with E-state index in [-0.39, 0.29) is 5.84 Å². The number of nitrogens with two attached hydrogens (primary N) is 1. The van der Waals surface area contributed by atoms with E-state index in [4.69, 9.17) is 20.6 Å². The standard InChI is InChI=1S/C23H22N2O2/c1-26-20-11-7-17(8-12-20)22(18-9-13-21(27-2)14-10-18)15-16-3-5-19(6-4-16)23(24)25/h3-15H,1-2H3,(H3,24,25). The lowest BCUT2D eigenvalue weighted by molar-refractivity contribution is 0.414. The quantitative estimate of drug-likeness (QED) is 0.385. The van der Waals surface area contributed by atoms with Crippen molar-refractivity contribution in [2.45, 2.75) is 0 Å². The second-order valence-corrected chi connectivity index (χ2v) is 6.05. The van der Waals surface area contributed by atoms with Gasteiger partial charge in [-0.05, 0) is 52.6 Å². The first kappa shape index (κ1) is 18.3. The van der Waals surface area contributed by atoms with Crippen molar-refractivity contribution in [1.82, 2.24) is 0 Å². The average Bonchev–Trinajstić information content (AvgIpc) is 2.72. The fourth-order valence-electron chi connectivity index (χ4n) is 2.80. The number of nitrogens with one attached hydrogen (secondary N) is 1. The van der Waals surface area contributed by atoms with E-state index in [0.717, 1.165) is 33.8 Å². The van der Waals surface area contributed by atoms with Gasteiger partial charge >= 0.3 is 0 Å². The minimum atomic E-state index is 0.0658. The molecule has 0 aliphatic carbocycles. The molecule has 0 bridgehead atoms. The molecular weight excluding hydrogens is 336 g/mol. The Bertz CT molecular complexity index is 892. The molecular formula is C23H22N2O2. The Morgan fingerprint density at radius 2 is 1.11 bits per heavy atom. The largest absolute Gasteiger partial charge is 0.497 e. The van der Waals surface area contributed by atoms with Gasteiger partial charge in [-0.3, -0.25) is 5.41 Å². The SMILES string of the molecule is COc1ccc(C(=Cc2ccc(C(=N)N)cc2)c2ccc(OC)cc2)cc1. The van der Waals surface area contributed by atoms with Gasteiger partial charge in [-0.1, -0.05) is 48.5 Å². The molecule has 0 radical (unpaired) electrons. The summed E-state index contributed by atoms with van der Waals surface area (Å²) in [7, 11) is 3.32. The van der Waals surface area contributed by atoms with E-state index >= 15 is 0 Å². The number of benzene rings is 3. The van der Waals surface area contributed by atoms with Gasteiger partial charge in [0, 0.05) is 5.56 Å². The van der Waals surface area contributed by atoms with Crippen LogP contribution in [-0.4, -0.2) is 20.1 Å². The zero-order chi connectivity index (χ0) is 19.2. The monoisotopic (exact) mass is 358 g/mol. The van der Waals surface area contributed by atoms with Crippen molar-refractivity contribution < 1.29 is 9.47 Å². The van der Waals surface area contributed by atoms with Crippen molar-refractivity contribution in [2.24, 2.45) is 5.73 Å². The Hall–Kier alpha value is -3.53. The van der Waals surface area contributed by atoms with Gasteiger partial charge in [0.1, 0.15) is 17.3 Å². The third-order valence-corrected chi connectivity index (χ3v) is 4.33. The maximum atomic E-state index is 7.53. The van der Waals surface area contributed by atoms with Crippen LogP contribution in [0.4, 0.5) is 0 Å². The van der Waals surface area contributed by atoms with Crippen molar-refractivity contribution >= 4 is 17.5 Å². The third-order valence-electron chi connectivity index (χ3n) is 4.33. The Morgan fingerprint density at radius 1 is 0.704 bits per heavy atom. The summed E-state index contributed by atoms with van der Waals surface area (Å²) in [5.41, 5.74) is 10.5. The van der Waals surface area contributed by atoms with E-state index in [2.05, 4.69) is 6.08 Å². The second kappa shape index (κ2) is 8.23. The van der Waals surface area contributed by atoms with E-state index in [0.29, 0.717) is 5.56 Å². The fraction of sp³-hybridized carbons (Fsp3) is 0.0870. The molecule has 0 unspecified atom stereocenters. The molecule has 0 spiro atoms. The summed E-state index contributed by atoms with van der Waals surface area (Å²) in [6, 6.07) is 23.6. The zero-order valence-electron chi connectivity index (χ0n) is 15.4. The van der Waals surface area contributed by atoms with Crippen molar-refractivity contribution in [3.63, 3.8) is 0 Å². The molecule has 4 nitrogen and oxygen atoms in total. The summed E-state index contributed by atoms with van der Waals surface area (Å²) in [6.07, 6.45) is 2.12. The summed E-state index contributed by atoms with van der Waals surface area (Å²) in [4.78, 5) is 0. The van der Waals surface area contributed by atoms with Crippen LogP contribution in [-0.2, 0) is 0 Å². The highest BCUT2D eigenvalue weighted by Crippen LogP contribution is 2.29. The number of ether oxygens (including phenoxy) is 2. The maximum Gasteiger partial charge on any atom is 0.122 e. The fourth-order valence-corrected chi connectivity index (χ4v) is 2.80. The normalized spacial score (nSPS) is 10.1. The minimum Gasteiger partial charge on any atom is -0.497 e. The van der Waals surface area contributed by atoms with Gasteiger partial charge in [0.25, 0.3) is 0 Å². The molecule has 27 heavy (non-hydrogen) atoms. The summed E-state index contributed by atoms with van der Waals surface area (Å²) in [5.74, 6) is 1.70. The Morgan fingerprint density at radius 3 is 1.48 bits per heavy atom. The predicted octanol–water partition coefficient (Wildman–Crippen LogP) is 4.58. The average molecular weight is 358 g/mol. The van der Waals surface area contributed by atoms with Crippen LogP contribution in [0, 0.1) is 5.41 Å².